The number of anilines is 2. The van der Waals surface area contributed by atoms with E-state index in [0.717, 1.165) is 12.1 Å². The number of nitro groups is 1. The predicted octanol–water partition coefficient (Wildman–Crippen LogP) is 4.18. The van der Waals surface area contributed by atoms with Gasteiger partial charge in [-0.25, -0.2) is 0 Å². The van der Waals surface area contributed by atoms with Crippen molar-refractivity contribution in [2.75, 3.05) is 16.8 Å². The maximum absolute atomic E-state index is 12.5. The average Bonchev–Trinajstić information content (AvgIpc) is 3.44. The summed E-state index contributed by atoms with van der Waals surface area (Å²) in [7, 11) is 0. The second-order valence-electron chi connectivity index (χ2n) is 7.54. The number of carbonyl (C=O) groups excluding carboxylic acids is 2. The lowest BCUT2D eigenvalue weighted by molar-refractivity contribution is -0.384. The van der Waals surface area contributed by atoms with E-state index in [9.17, 15) is 19.7 Å². The number of aryl methyl sites for hydroxylation is 1. The minimum atomic E-state index is -0.480. The normalized spacial score (nSPS) is 15.8. The number of nitrogens with one attached hydrogen (secondary N) is 1. The van der Waals surface area contributed by atoms with Crippen LogP contribution in [0.1, 0.15) is 35.4 Å². The molecular formula is C23H21N5O4S. The average molecular weight is 464 g/mol. The summed E-state index contributed by atoms with van der Waals surface area (Å²) < 4.78 is 0. The van der Waals surface area contributed by atoms with E-state index in [4.69, 9.17) is 0 Å². The molecule has 2 amide bonds. The molecule has 0 spiro atoms. The largest absolute Gasteiger partial charge is 0.312 e. The Kier molecular flexibility index (Phi) is 6.55. The molecule has 0 aliphatic carbocycles. The van der Waals surface area contributed by atoms with E-state index in [1.165, 1.54) is 35.1 Å². The molecule has 1 saturated heterocycles. The lowest BCUT2D eigenvalue weighted by Crippen LogP contribution is -2.24. The number of hydrogen-bond acceptors (Lipinski definition) is 7. The van der Waals surface area contributed by atoms with Gasteiger partial charge in [-0.1, -0.05) is 30.4 Å². The van der Waals surface area contributed by atoms with Gasteiger partial charge >= 0.3 is 0 Å². The van der Waals surface area contributed by atoms with Crippen LogP contribution in [0.25, 0.3) is 6.08 Å². The van der Waals surface area contributed by atoms with Crippen molar-refractivity contribution in [3.63, 3.8) is 0 Å². The summed E-state index contributed by atoms with van der Waals surface area (Å²) in [6.45, 7) is 2.61. The van der Waals surface area contributed by atoms with Crippen LogP contribution in [0.5, 0.6) is 0 Å². The van der Waals surface area contributed by atoms with Crippen molar-refractivity contribution >= 4 is 45.7 Å². The van der Waals surface area contributed by atoms with Gasteiger partial charge in [0.2, 0.25) is 16.9 Å². The highest BCUT2D eigenvalue weighted by Crippen LogP contribution is 2.34. The van der Waals surface area contributed by atoms with E-state index in [-0.39, 0.29) is 17.5 Å². The molecule has 0 saturated carbocycles. The number of aromatic nitrogens is 2. The lowest BCUT2D eigenvalue weighted by atomic mass is 10.1. The first-order chi connectivity index (χ1) is 15.9. The number of amides is 2. The van der Waals surface area contributed by atoms with Gasteiger partial charge in [0.05, 0.1) is 4.92 Å². The topological polar surface area (TPSA) is 118 Å². The quantitative estimate of drug-likeness (QED) is 0.319. The second kappa shape index (κ2) is 9.70. The van der Waals surface area contributed by atoms with Crippen LogP contribution in [-0.4, -0.2) is 33.5 Å². The zero-order valence-corrected chi connectivity index (χ0v) is 18.6. The van der Waals surface area contributed by atoms with E-state index in [1.807, 2.05) is 24.3 Å². The summed E-state index contributed by atoms with van der Waals surface area (Å²) >= 11 is 1.25. The maximum atomic E-state index is 12.5. The number of nitro benzene ring substituents is 1. The fourth-order valence-corrected chi connectivity index (χ4v) is 4.35. The van der Waals surface area contributed by atoms with Gasteiger partial charge < -0.3 is 4.90 Å². The molecule has 1 aromatic heterocycles. The Morgan fingerprint density at radius 2 is 1.94 bits per heavy atom. The van der Waals surface area contributed by atoms with Crippen molar-refractivity contribution in [3.05, 3.63) is 80.9 Å². The van der Waals surface area contributed by atoms with E-state index in [0.29, 0.717) is 28.7 Å². The predicted molar refractivity (Wildman–Crippen MR) is 126 cm³/mol. The monoisotopic (exact) mass is 463 g/mol. The standard InChI is InChI=1S/C23H21N5O4S/c1-2-15-3-8-18(9-4-15)27-14-17(13-21(27)30)22-25-26-23(33-22)24-20(29)12-7-16-5-10-19(11-6-16)28(31)32/h3-12,17H,2,13-14H2,1H3,(H,24,26,29)/b12-7+. The van der Waals surface area contributed by atoms with Crippen molar-refractivity contribution in [2.24, 2.45) is 0 Å². The van der Waals surface area contributed by atoms with Crippen molar-refractivity contribution in [2.45, 2.75) is 25.7 Å². The number of hydrogen-bond donors (Lipinski definition) is 1. The number of non-ortho nitro benzene ring substituents is 1. The van der Waals surface area contributed by atoms with Crippen LogP contribution in [0.3, 0.4) is 0 Å². The van der Waals surface area contributed by atoms with Crippen LogP contribution < -0.4 is 10.2 Å². The molecule has 1 N–H and O–H groups in total. The SMILES string of the molecule is CCc1ccc(N2CC(c3nnc(NC(=O)/C=C/c4ccc([N+](=O)[O-])cc4)s3)CC2=O)cc1. The molecule has 168 valence electrons. The van der Waals surface area contributed by atoms with Crippen LogP contribution in [0.2, 0.25) is 0 Å². The molecule has 9 nitrogen and oxygen atoms in total. The molecule has 1 aliphatic rings. The number of rotatable bonds is 7. The third kappa shape index (κ3) is 5.29. The maximum Gasteiger partial charge on any atom is 0.269 e. The first kappa shape index (κ1) is 22.3. The Morgan fingerprint density at radius 1 is 1.21 bits per heavy atom. The molecule has 1 unspecified atom stereocenters. The minimum absolute atomic E-state index is 0.0140. The molecular weight excluding hydrogens is 442 g/mol. The van der Waals surface area contributed by atoms with Crippen LogP contribution in [0.15, 0.2) is 54.6 Å². The molecule has 33 heavy (non-hydrogen) atoms. The molecule has 10 heteroatoms. The molecule has 0 radical (unpaired) electrons. The van der Waals surface area contributed by atoms with Gasteiger partial charge in [0.1, 0.15) is 5.01 Å². The van der Waals surface area contributed by atoms with Crippen molar-refractivity contribution < 1.29 is 14.5 Å². The van der Waals surface area contributed by atoms with Crippen LogP contribution in [0.4, 0.5) is 16.5 Å². The van der Waals surface area contributed by atoms with Gasteiger partial charge in [0.25, 0.3) is 5.69 Å². The van der Waals surface area contributed by atoms with Crippen molar-refractivity contribution in [1.29, 1.82) is 0 Å². The molecule has 2 aromatic carbocycles. The number of carbonyl (C=O) groups is 2. The smallest absolute Gasteiger partial charge is 0.269 e. The van der Waals surface area contributed by atoms with Gasteiger partial charge in [0, 0.05) is 42.8 Å². The molecule has 4 rings (SSSR count). The van der Waals surface area contributed by atoms with Gasteiger partial charge in [-0.2, -0.15) is 0 Å². The van der Waals surface area contributed by atoms with Crippen LogP contribution >= 0.6 is 11.3 Å². The molecule has 2 heterocycles. The fraction of sp³-hybridized carbons (Fsp3) is 0.217. The van der Waals surface area contributed by atoms with Crippen LogP contribution in [0, 0.1) is 10.1 Å². The summed E-state index contributed by atoms with van der Waals surface area (Å²) in [5.74, 6) is -0.436. The molecule has 3 aromatic rings. The van der Waals surface area contributed by atoms with Gasteiger partial charge in [0.15, 0.2) is 0 Å². The highest BCUT2D eigenvalue weighted by Gasteiger charge is 2.33. The highest BCUT2D eigenvalue weighted by molar-refractivity contribution is 7.15. The lowest BCUT2D eigenvalue weighted by Gasteiger charge is -2.16. The first-order valence-corrected chi connectivity index (χ1v) is 11.2. The van der Waals surface area contributed by atoms with Crippen molar-refractivity contribution in [1.82, 2.24) is 10.2 Å². The fourth-order valence-electron chi connectivity index (χ4n) is 3.51. The van der Waals surface area contributed by atoms with E-state index >= 15 is 0 Å². The minimum Gasteiger partial charge on any atom is -0.312 e. The molecule has 1 fully saturated rings. The van der Waals surface area contributed by atoms with E-state index < -0.39 is 10.8 Å². The Hall–Kier alpha value is -3.92. The Balaban J connectivity index is 1.36. The Labute approximate surface area is 193 Å². The molecule has 1 atom stereocenters. The van der Waals surface area contributed by atoms with E-state index in [1.54, 1.807) is 23.1 Å². The Morgan fingerprint density at radius 3 is 2.61 bits per heavy atom. The summed E-state index contributed by atoms with van der Waals surface area (Å²) in [6, 6.07) is 13.8. The van der Waals surface area contributed by atoms with Crippen LogP contribution in [-0.2, 0) is 16.0 Å². The molecule has 0 bridgehead atoms. The third-order valence-electron chi connectivity index (χ3n) is 5.33. The summed E-state index contributed by atoms with van der Waals surface area (Å²) in [6.07, 6.45) is 4.17. The van der Waals surface area contributed by atoms with E-state index in [2.05, 4.69) is 22.4 Å². The zero-order chi connectivity index (χ0) is 23.4. The number of nitrogens with zero attached hydrogens (tertiary/aromatic N) is 4. The summed E-state index contributed by atoms with van der Waals surface area (Å²) in [4.78, 5) is 36.7. The third-order valence-corrected chi connectivity index (χ3v) is 6.33. The molecule has 1 aliphatic heterocycles. The Bertz CT molecular complexity index is 1200. The first-order valence-electron chi connectivity index (χ1n) is 10.4. The van der Waals surface area contributed by atoms with Crippen molar-refractivity contribution in [3.8, 4) is 0 Å². The highest BCUT2D eigenvalue weighted by atomic mass is 32.1. The zero-order valence-electron chi connectivity index (χ0n) is 17.8. The summed E-state index contributed by atoms with van der Waals surface area (Å²) in [5, 5.41) is 22.6. The second-order valence-corrected chi connectivity index (χ2v) is 8.55. The van der Waals surface area contributed by atoms with Gasteiger partial charge in [-0.3, -0.25) is 25.0 Å². The number of benzene rings is 2. The van der Waals surface area contributed by atoms with Gasteiger partial charge in [-0.15, -0.1) is 10.2 Å². The summed E-state index contributed by atoms with van der Waals surface area (Å²) in [5.41, 5.74) is 2.73. The van der Waals surface area contributed by atoms with Gasteiger partial charge in [-0.05, 0) is 47.9 Å².